The van der Waals surface area contributed by atoms with Crippen molar-refractivity contribution in [3.05, 3.63) is 35.9 Å². The van der Waals surface area contributed by atoms with Gasteiger partial charge >= 0.3 is 5.97 Å². The molecule has 78 valence electrons. The molecular formula is C11H12N2O2. The van der Waals surface area contributed by atoms with Crippen LogP contribution in [0.3, 0.4) is 0 Å². The maximum Gasteiger partial charge on any atom is 0.320 e. The monoisotopic (exact) mass is 212 g/mol. The molecule has 0 fully saturated rings. The minimum atomic E-state index is -3.16. The number of aromatic nitrogens is 1. The Hall–Kier alpha value is -1.81. The van der Waals surface area contributed by atoms with Crippen molar-refractivity contribution >= 4 is 16.9 Å². The highest BCUT2D eigenvalue weighted by Gasteiger charge is 2.14. The summed E-state index contributed by atoms with van der Waals surface area (Å²) in [5.74, 6) is -1.97. The van der Waals surface area contributed by atoms with Gasteiger partial charge < -0.3 is 15.8 Å². The van der Waals surface area contributed by atoms with Crippen molar-refractivity contribution in [1.29, 1.82) is 0 Å². The highest BCUT2D eigenvalue weighted by Crippen LogP contribution is 2.18. The van der Waals surface area contributed by atoms with Gasteiger partial charge in [-0.15, -0.1) is 0 Å². The first-order valence-electron chi connectivity index (χ1n) is 7.97. The minimum Gasteiger partial charge on any atom is -0.480 e. The fourth-order valence-electron chi connectivity index (χ4n) is 1.06. The van der Waals surface area contributed by atoms with Crippen LogP contribution in [-0.4, -0.2) is 22.1 Å². The second-order valence-electron chi connectivity index (χ2n) is 2.72. The molecule has 4 nitrogen and oxygen atoms in total. The molecule has 0 aliphatic heterocycles. The number of nitrogens with two attached hydrogens (primary N) is 1. The van der Waals surface area contributed by atoms with Crippen LogP contribution in [0.1, 0.15) is 16.5 Å². The number of para-hydroxylation sites is 1. The number of hydrogen-bond donors (Lipinski definition) is 3. The molecule has 1 aromatic carbocycles. The Balaban J connectivity index is 2.97. The van der Waals surface area contributed by atoms with Crippen LogP contribution in [0.4, 0.5) is 0 Å². The molecule has 2 aromatic rings. The highest BCUT2D eigenvalue weighted by molar-refractivity contribution is 5.84. The first-order chi connectivity index (χ1) is 10.4. The van der Waals surface area contributed by atoms with E-state index in [-0.39, 0.29) is 5.52 Å². The molecule has 15 heavy (non-hydrogen) atoms. The Morgan fingerprint density at radius 3 is 3.20 bits per heavy atom. The van der Waals surface area contributed by atoms with E-state index in [1.165, 1.54) is 0 Å². The molecule has 0 aliphatic rings. The largest absolute Gasteiger partial charge is 0.480 e. The zero-order chi connectivity index (χ0) is 17.9. The van der Waals surface area contributed by atoms with E-state index in [1.54, 1.807) is 0 Å². The summed E-state index contributed by atoms with van der Waals surface area (Å²) in [6.07, 6.45) is -3.76. The van der Waals surface area contributed by atoms with Crippen LogP contribution in [0.15, 0.2) is 30.3 Å². The van der Waals surface area contributed by atoms with E-state index < -0.39 is 59.7 Å². The third-order valence-electron chi connectivity index (χ3n) is 1.74. The zero-order valence-corrected chi connectivity index (χ0v) is 7.43. The summed E-state index contributed by atoms with van der Waals surface area (Å²) in [7, 11) is 0. The molecule has 1 aromatic heterocycles. The summed E-state index contributed by atoms with van der Waals surface area (Å²) in [5, 5.41) is 8.59. The molecule has 0 amide bonds. The molecule has 0 saturated carbocycles. The summed E-state index contributed by atoms with van der Waals surface area (Å²) < 4.78 is 62.0. The second kappa shape index (κ2) is 3.74. The summed E-state index contributed by atoms with van der Waals surface area (Å²) in [5.41, 5.74) is 4.30. The Morgan fingerprint density at radius 1 is 1.73 bits per heavy atom. The van der Waals surface area contributed by atoms with Gasteiger partial charge in [0.2, 0.25) is 0 Å². The first-order valence-corrected chi connectivity index (χ1v) is 3.97. The molecule has 1 heterocycles. The number of rotatable bonds is 3. The van der Waals surface area contributed by atoms with Crippen LogP contribution < -0.4 is 5.73 Å². The van der Waals surface area contributed by atoms with E-state index in [4.69, 9.17) is 21.8 Å². The summed E-state index contributed by atoms with van der Waals surface area (Å²) >= 11 is 0. The Bertz CT molecular complexity index is 830. The standard InChI is InChI=1S/C11H12N2O2/c12-9(11(14)15)5-7-6-13-10-4-2-1-3-8(7)10/h1-4,6,9,13H,5,12H2,(H,14,15)/t9-/m0/s1/i1D,2D,3D,4D,5D2,6D,9D. The predicted octanol–water partition coefficient (Wildman–Crippen LogP) is 1.12. The SMILES string of the molecule is [2H]c1[nH]c2c([2H])c([2H])c([2H])c([2H])c2c1C([2H])([2H])[C@]([2H])(N)C(=O)O. The van der Waals surface area contributed by atoms with Gasteiger partial charge in [-0.3, -0.25) is 4.79 Å². The number of carbonyl (C=O) groups is 1. The predicted molar refractivity (Wildman–Crippen MR) is 57.6 cm³/mol. The van der Waals surface area contributed by atoms with Crippen LogP contribution >= 0.6 is 0 Å². The number of aromatic amines is 1. The third kappa shape index (κ3) is 1.85. The number of aliphatic carboxylic acids is 1. The number of H-pyrrole nitrogens is 1. The van der Waals surface area contributed by atoms with Crippen molar-refractivity contribution in [2.24, 2.45) is 5.73 Å². The van der Waals surface area contributed by atoms with Crippen LogP contribution in [0.25, 0.3) is 10.9 Å². The number of benzene rings is 1. The molecular weight excluding hydrogens is 192 g/mol. The lowest BCUT2D eigenvalue weighted by Crippen LogP contribution is -2.32. The van der Waals surface area contributed by atoms with Crippen molar-refractivity contribution in [3.63, 3.8) is 0 Å². The topological polar surface area (TPSA) is 79.1 Å². The van der Waals surface area contributed by atoms with Crippen molar-refractivity contribution in [2.45, 2.75) is 12.4 Å². The van der Waals surface area contributed by atoms with Crippen LogP contribution in [0.5, 0.6) is 0 Å². The number of carboxylic acids is 1. The molecule has 4 N–H and O–H groups in total. The van der Waals surface area contributed by atoms with Gasteiger partial charge in [0.25, 0.3) is 0 Å². The van der Waals surface area contributed by atoms with Crippen LogP contribution in [0, 0.1) is 0 Å². The van der Waals surface area contributed by atoms with Gasteiger partial charge in [0.1, 0.15) is 6.02 Å². The Kier molecular flexibility index (Phi) is 0.994. The lowest BCUT2D eigenvalue weighted by Gasteiger charge is -2.04. The van der Waals surface area contributed by atoms with Crippen LogP contribution in [-0.2, 0) is 11.2 Å². The molecule has 0 radical (unpaired) electrons. The normalized spacial score (nSPS) is 23.5. The van der Waals surface area contributed by atoms with E-state index in [9.17, 15) is 4.79 Å². The number of fused-ring (bicyclic) bond motifs is 1. The Labute approximate surface area is 98.0 Å². The quantitative estimate of drug-likeness (QED) is 0.713. The van der Waals surface area contributed by atoms with Gasteiger partial charge in [-0.2, -0.15) is 0 Å². The van der Waals surface area contributed by atoms with Gasteiger partial charge in [-0.05, 0) is 11.6 Å². The van der Waals surface area contributed by atoms with Gasteiger partial charge in [0, 0.05) is 26.2 Å². The van der Waals surface area contributed by atoms with Crippen LogP contribution in [0.2, 0.25) is 0 Å². The van der Waals surface area contributed by atoms with E-state index in [0.29, 0.717) is 0 Å². The van der Waals surface area contributed by atoms with Gasteiger partial charge in [-0.25, -0.2) is 0 Å². The molecule has 1 atom stereocenters. The number of nitrogens with one attached hydrogen (secondary N) is 1. The van der Waals surface area contributed by atoms with Crippen molar-refractivity contribution in [3.8, 4) is 0 Å². The number of carboxylic acid groups (broad SMARTS) is 1. The van der Waals surface area contributed by atoms with E-state index in [2.05, 4.69) is 4.98 Å². The van der Waals surface area contributed by atoms with Crippen molar-refractivity contribution in [1.82, 2.24) is 4.98 Å². The molecule has 0 aliphatic carbocycles. The highest BCUT2D eigenvalue weighted by atomic mass is 16.4. The fraction of sp³-hybridized carbons (Fsp3) is 0.182. The molecule has 4 heteroatoms. The lowest BCUT2D eigenvalue weighted by molar-refractivity contribution is -0.138. The fourth-order valence-corrected chi connectivity index (χ4v) is 1.06. The first kappa shape index (κ1) is 3.98. The smallest absolute Gasteiger partial charge is 0.320 e. The van der Waals surface area contributed by atoms with Gasteiger partial charge in [-0.1, -0.05) is 18.1 Å². The van der Waals surface area contributed by atoms with E-state index in [1.807, 2.05) is 0 Å². The maximum absolute atomic E-state index is 11.1. The molecule has 0 bridgehead atoms. The molecule has 2 rings (SSSR count). The average Bonchev–Trinajstić information content (AvgIpc) is 2.80. The second-order valence-corrected chi connectivity index (χ2v) is 2.72. The summed E-state index contributed by atoms with van der Waals surface area (Å²) in [6, 6.07) is -5.58. The molecule has 0 unspecified atom stereocenters. The average molecular weight is 212 g/mol. The zero-order valence-electron chi connectivity index (χ0n) is 15.4. The van der Waals surface area contributed by atoms with Crippen molar-refractivity contribution in [2.75, 3.05) is 0 Å². The van der Waals surface area contributed by atoms with E-state index in [0.717, 1.165) is 0 Å². The molecule has 0 saturated heterocycles. The summed E-state index contributed by atoms with van der Waals surface area (Å²) in [6.45, 7) is 0. The molecule has 0 spiro atoms. The van der Waals surface area contributed by atoms with E-state index >= 15 is 0 Å². The third-order valence-corrected chi connectivity index (χ3v) is 1.74. The van der Waals surface area contributed by atoms with Gasteiger partial charge in [0.15, 0.2) is 0 Å². The maximum atomic E-state index is 11.1. The van der Waals surface area contributed by atoms with Crippen molar-refractivity contribution < 1.29 is 20.9 Å². The Morgan fingerprint density at radius 2 is 2.47 bits per heavy atom. The summed E-state index contributed by atoms with van der Waals surface area (Å²) in [4.78, 5) is 13.4. The van der Waals surface area contributed by atoms with Gasteiger partial charge in [0.05, 0.1) is 8.22 Å². The lowest BCUT2D eigenvalue weighted by atomic mass is 10.1. The minimum absolute atomic E-state index is 0.249. The number of hydrogen-bond acceptors (Lipinski definition) is 2.